The van der Waals surface area contributed by atoms with E-state index in [1.807, 2.05) is 26.8 Å². The molecular formula is C23H30N4O2S2. The number of nitrogens with zero attached hydrogens (tertiary/aromatic N) is 4. The summed E-state index contributed by atoms with van der Waals surface area (Å²) in [6.45, 7) is 14.2. The summed E-state index contributed by atoms with van der Waals surface area (Å²) in [6.07, 6.45) is 2.98. The number of aromatic nitrogens is 1. The van der Waals surface area contributed by atoms with Crippen molar-refractivity contribution in [2.75, 3.05) is 18.0 Å². The van der Waals surface area contributed by atoms with Crippen LogP contribution in [-0.2, 0) is 11.3 Å². The van der Waals surface area contributed by atoms with Gasteiger partial charge >= 0.3 is 0 Å². The van der Waals surface area contributed by atoms with Crippen LogP contribution < -0.4 is 10.5 Å². The lowest BCUT2D eigenvalue weighted by molar-refractivity contribution is -0.123. The molecule has 2 fully saturated rings. The van der Waals surface area contributed by atoms with E-state index in [1.54, 1.807) is 16.4 Å². The zero-order valence-corrected chi connectivity index (χ0v) is 20.7. The minimum absolute atomic E-state index is 0.0259. The minimum atomic E-state index is -0.268. The Morgan fingerprint density at radius 2 is 1.87 bits per heavy atom. The molecule has 0 saturated carbocycles. The van der Waals surface area contributed by atoms with Gasteiger partial charge in [-0.2, -0.15) is 5.26 Å². The van der Waals surface area contributed by atoms with E-state index in [-0.39, 0.29) is 23.1 Å². The van der Waals surface area contributed by atoms with Crippen LogP contribution in [0.15, 0.2) is 9.70 Å². The Kier molecular flexibility index (Phi) is 6.97. The number of hydrogen-bond donors (Lipinski definition) is 0. The Morgan fingerprint density at radius 3 is 2.35 bits per heavy atom. The second-order valence-corrected chi connectivity index (χ2v) is 10.6. The minimum Gasteiger partial charge on any atom is -0.357 e. The first-order valence-corrected chi connectivity index (χ1v) is 12.0. The van der Waals surface area contributed by atoms with Gasteiger partial charge in [-0.3, -0.25) is 19.1 Å². The summed E-state index contributed by atoms with van der Waals surface area (Å²) in [5.74, 6) is 1.67. The van der Waals surface area contributed by atoms with Gasteiger partial charge in [0.1, 0.15) is 21.8 Å². The van der Waals surface area contributed by atoms with Crippen molar-refractivity contribution in [2.45, 2.75) is 60.5 Å². The van der Waals surface area contributed by atoms with Gasteiger partial charge in [-0.25, -0.2) is 0 Å². The molecule has 2 aliphatic heterocycles. The lowest BCUT2D eigenvalue weighted by Crippen LogP contribution is -2.42. The average Bonchev–Trinajstić information content (AvgIpc) is 2.96. The van der Waals surface area contributed by atoms with Crippen molar-refractivity contribution >= 4 is 46.1 Å². The van der Waals surface area contributed by atoms with Gasteiger partial charge in [0.15, 0.2) is 0 Å². The fraction of sp³-hybridized carbons (Fsp3) is 0.565. The van der Waals surface area contributed by atoms with Gasteiger partial charge in [0.05, 0.1) is 4.91 Å². The Labute approximate surface area is 193 Å². The van der Waals surface area contributed by atoms with E-state index >= 15 is 0 Å². The maximum absolute atomic E-state index is 13.1. The highest BCUT2D eigenvalue weighted by Crippen LogP contribution is 2.37. The molecule has 0 spiro atoms. The molecule has 0 aromatic carbocycles. The normalized spacial score (nSPS) is 23.2. The van der Waals surface area contributed by atoms with Crippen LogP contribution >= 0.6 is 24.0 Å². The molecule has 1 aromatic heterocycles. The number of piperidine rings is 1. The lowest BCUT2D eigenvalue weighted by Gasteiger charge is -2.38. The van der Waals surface area contributed by atoms with E-state index in [0.29, 0.717) is 33.2 Å². The van der Waals surface area contributed by atoms with Gasteiger partial charge in [-0.15, -0.1) is 0 Å². The van der Waals surface area contributed by atoms with Gasteiger partial charge in [0, 0.05) is 31.2 Å². The largest absolute Gasteiger partial charge is 0.357 e. The Balaban J connectivity index is 2.26. The molecule has 0 aliphatic carbocycles. The smallest absolute Gasteiger partial charge is 0.270 e. The number of thioether (sulfide) groups is 1. The van der Waals surface area contributed by atoms with Crippen LogP contribution in [0.1, 0.15) is 57.7 Å². The van der Waals surface area contributed by atoms with Crippen molar-refractivity contribution in [3.05, 3.63) is 31.9 Å². The van der Waals surface area contributed by atoms with Crippen molar-refractivity contribution in [2.24, 2.45) is 11.8 Å². The Morgan fingerprint density at radius 1 is 1.26 bits per heavy atom. The molecule has 0 radical (unpaired) electrons. The first-order chi connectivity index (χ1) is 14.6. The summed E-state index contributed by atoms with van der Waals surface area (Å²) in [5.41, 5.74) is 1.25. The van der Waals surface area contributed by atoms with E-state index < -0.39 is 0 Å². The van der Waals surface area contributed by atoms with Gasteiger partial charge in [0.25, 0.3) is 11.5 Å². The molecule has 1 aromatic rings. The molecule has 0 bridgehead atoms. The molecule has 2 unspecified atom stereocenters. The lowest BCUT2D eigenvalue weighted by atomic mass is 9.91. The van der Waals surface area contributed by atoms with E-state index in [4.69, 9.17) is 12.2 Å². The SMILES string of the molecule is CCn1c(N2CC(C)CC(C)C2)c(/C=C2\SC(=S)N(C(C)C)C2=O)c(C)c(C#N)c1=O. The van der Waals surface area contributed by atoms with E-state index in [2.05, 4.69) is 24.8 Å². The van der Waals surface area contributed by atoms with E-state index in [9.17, 15) is 14.9 Å². The van der Waals surface area contributed by atoms with Crippen LogP contribution in [0.2, 0.25) is 0 Å². The molecule has 6 nitrogen and oxygen atoms in total. The fourth-order valence-electron chi connectivity index (χ4n) is 4.67. The topological polar surface area (TPSA) is 69.3 Å². The zero-order chi connectivity index (χ0) is 23.0. The molecule has 31 heavy (non-hydrogen) atoms. The summed E-state index contributed by atoms with van der Waals surface area (Å²) in [5, 5.41) is 9.70. The molecular weight excluding hydrogens is 428 g/mol. The van der Waals surface area contributed by atoms with Gasteiger partial charge in [-0.1, -0.05) is 37.8 Å². The Bertz CT molecular complexity index is 1040. The summed E-state index contributed by atoms with van der Waals surface area (Å²) >= 11 is 6.72. The molecule has 2 saturated heterocycles. The van der Waals surface area contributed by atoms with Crippen LogP contribution in [-0.4, -0.2) is 38.8 Å². The molecule has 2 aliphatic rings. The number of rotatable bonds is 4. The summed E-state index contributed by atoms with van der Waals surface area (Å²) in [6, 6.07) is 2.06. The molecule has 3 rings (SSSR count). The fourth-order valence-corrected chi connectivity index (χ4v) is 6.18. The molecule has 166 valence electrons. The standard InChI is InChI=1S/C23H30N4O2S2/c1-7-26-20(25-11-14(4)8-15(5)12-25)17(16(6)18(10-24)21(26)28)9-19-22(29)27(13(2)3)23(30)31-19/h9,13-15H,7-8,11-12H2,1-6H3/b19-9-. The summed E-state index contributed by atoms with van der Waals surface area (Å²) < 4.78 is 2.22. The van der Waals surface area contributed by atoms with Crippen LogP contribution in [0.4, 0.5) is 5.82 Å². The first-order valence-electron chi connectivity index (χ1n) is 10.8. The predicted octanol–water partition coefficient (Wildman–Crippen LogP) is 4.14. The molecule has 8 heteroatoms. The van der Waals surface area contributed by atoms with E-state index in [1.165, 1.54) is 11.8 Å². The zero-order valence-electron chi connectivity index (χ0n) is 19.1. The molecule has 1 amide bonds. The van der Waals surface area contributed by atoms with Crippen molar-refractivity contribution in [1.29, 1.82) is 5.26 Å². The highest BCUT2D eigenvalue weighted by atomic mass is 32.2. The first kappa shape index (κ1) is 23.6. The third-order valence-electron chi connectivity index (χ3n) is 5.95. The number of nitriles is 1. The third kappa shape index (κ3) is 4.31. The van der Waals surface area contributed by atoms with Gasteiger partial charge in [0.2, 0.25) is 0 Å². The highest BCUT2D eigenvalue weighted by molar-refractivity contribution is 8.26. The number of carbonyl (C=O) groups excluding carboxylic acids is 1. The maximum Gasteiger partial charge on any atom is 0.270 e. The summed E-state index contributed by atoms with van der Waals surface area (Å²) in [7, 11) is 0. The Hall–Kier alpha value is -2.11. The van der Waals surface area contributed by atoms with Crippen molar-refractivity contribution < 1.29 is 4.79 Å². The number of pyridine rings is 1. The van der Waals surface area contributed by atoms with Crippen molar-refractivity contribution in [3.8, 4) is 6.07 Å². The monoisotopic (exact) mass is 458 g/mol. The number of carbonyl (C=O) groups is 1. The van der Waals surface area contributed by atoms with Gasteiger partial charge < -0.3 is 4.90 Å². The quantitative estimate of drug-likeness (QED) is 0.499. The number of anilines is 1. The molecule has 2 atom stereocenters. The number of thiocarbonyl (C=S) groups is 1. The average molecular weight is 459 g/mol. The predicted molar refractivity (Wildman–Crippen MR) is 131 cm³/mol. The van der Waals surface area contributed by atoms with Crippen molar-refractivity contribution in [1.82, 2.24) is 9.47 Å². The second-order valence-electron chi connectivity index (χ2n) is 8.89. The number of amides is 1. The van der Waals surface area contributed by atoms with Crippen LogP contribution in [0.5, 0.6) is 0 Å². The van der Waals surface area contributed by atoms with Crippen LogP contribution in [0.25, 0.3) is 6.08 Å². The summed E-state index contributed by atoms with van der Waals surface area (Å²) in [4.78, 5) is 30.6. The van der Waals surface area contributed by atoms with Crippen LogP contribution in [0.3, 0.4) is 0 Å². The maximum atomic E-state index is 13.1. The highest BCUT2D eigenvalue weighted by Gasteiger charge is 2.35. The third-order valence-corrected chi connectivity index (χ3v) is 7.28. The van der Waals surface area contributed by atoms with Crippen molar-refractivity contribution in [3.63, 3.8) is 0 Å². The van der Waals surface area contributed by atoms with E-state index in [0.717, 1.165) is 30.9 Å². The number of hydrogen-bond acceptors (Lipinski definition) is 6. The van der Waals surface area contributed by atoms with Crippen LogP contribution in [0, 0.1) is 30.1 Å². The van der Waals surface area contributed by atoms with Gasteiger partial charge in [-0.05, 0) is 57.6 Å². The molecule has 3 heterocycles. The molecule has 0 N–H and O–H groups in total. The second kappa shape index (κ2) is 9.17.